The van der Waals surface area contributed by atoms with Gasteiger partial charge >= 0.3 is 0 Å². The van der Waals surface area contributed by atoms with Gasteiger partial charge in [-0.25, -0.2) is 0 Å². The highest BCUT2D eigenvalue weighted by Gasteiger charge is 2.26. The molecule has 1 aromatic rings. The molecule has 0 radical (unpaired) electrons. The molecule has 0 aromatic heterocycles. The smallest absolute Gasteiger partial charge is 0.255 e. The third kappa shape index (κ3) is 3.67. The van der Waals surface area contributed by atoms with Crippen LogP contribution >= 0.6 is 27.5 Å². The minimum absolute atomic E-state index is 0.0867. The van der Waals surface area contributed by atoms with Crippen LogP contribution < -0.4 is 10.1 Å². The molecule has 1 aliphatic carbocycles. The van der Waals surface area contributed by atoms with Gasteiger partial charge in [-0.05, 0) is 37.0 Å². The van der Waals surface area contributed by atoms with E-state index >= 15 is 0 Å². The van der Waals surface area contributed by atoms with Crippen LogP contribution in [-0.4, -0.2) is 24.9 Å². The van der Waals surface area contributed by atoms with Crippen LogP contribution in [0.15, 0.2) is 22.7 Å². The summed E-state index contributed by atoms with van der Waals surface area (Å²) in [7, 11) is 1.57. The Morgan fingerprint density at radius 3 is 2.90 bits per heavy atom. The molecular weight excluding hydrogens is 342 g/mol. The maximum atomic E-state index is 12.4. The molecule has 2 unspecified atom stereocenters. The molecule has 1 fully saturated rings. The molecule has 3 nitrogen and oxygen atoms in total. The van der Waals surface area contributed by atoms with E-state index in [1.807, 2.05) is 6.07 Å². The van der Waals surface area contributed by atoms with Crippen molar-refractivity contribution in [2.45, 2.75) is 31.7 Å². The van der Waals surface area contributed by atoms with Gasteiger partial charge in [0.05, 0.1) is 12.7 Å². The number of hydrogen-bond donors (Lipinski definition) is 1. The summed E-state index contributed by atoms with van der Waals surface area (Å²) in [6, 6.07) is 5.59. The van der Waals surface area contributed by atoms with Crippen molar-refractivity contribution in [3.63, 3.8) is 0 Å². The Hall–Kier alpha value is -0.740. The summed E-state index contributed by atoms with van der Waals surface area (Å²) < 4.78 is 6.16. The van der Waals surface area contributed by atoms with Gasteiger partial charge in [0.1, 0.15) is 5.75 Å². The van der Waals surface area contributed by atoms with Gasteiger partial charge in [0.2, 0.25) is 0 Å². The Kier molecular flexibility index (Phi) is 5.73. The highest BCUT2D eigenvalue weighted by atomic mass is 79.9. The van der Waals surface area contributed by atoms with Crippen molar-refractivity contribution < 1.29 is 9.53 Å². The number of amides is 1. The van der Waals surface area contributed by atoms with Gasteiger partial charge in [-0.1, -0.05) is 28.8 Å². The predicted molar refractivity (Wildman–Crippen MR) is 84.6 cm³/mol. The Morgan fingerprint density at radius 2 is 2.20 bits per heavy atom. The van der Waals surface area contributed by atoms with Gasteiger partial charge in [-0.15, -0.1) is 11.6 Å². The molecule has 0 spiro atoms. The summed E-state index contributed by atoms with van der Waals surface area (Å²) in [6.07, 6.45) is 4.44. The fraction of sp³-hybridized carbons (Fsp3) is 0.533. The fourth-order valence-corrected chi connectivity index (χ4v) is 3.39. The van der Waals surface area contributed by atoms with Gasteiger partial charge in [0, 0.05) is 16.4 Å². The average molecular weight is 361 g/mol. The Bertz CT molecular complexity index is 481. The molecule has 5 heteroatoms. The predicted octanol–water partition coefficient (Wildman–Crippen LogP) is 3.99. The van der Waals surface area contributed by atoms with Crippen LogP contribution in [0.5, 0.6) is 5.75 Å². The van der Waals surface area contributed by atoms with E-state index in [0.29, 0.717) is 23.1 Å². The van der Waals surface area contributed by atoms with E-state index in [9.17, 15) is 4.79 Å². The quantitative estimate of drug-likeness (QED) is 0.825. The summed E-state index contributed by atoms with van der Waals surface area (Å²) in [6.45, 7) is 0. The lowest BCUT2D eigenvalue weighted by Gasteiger charge is -2.31. The monoisotopic (exact) mass is 359 g/mol. The van der Waals surface area contributed by atoms with Crippen molar-refractivity contribution in [2.24, 2.45) is 5.92 Å². The zero-order valence-corrected chi connectivity index (χ0v) is 13.8. The van der Waals surface area contributed by atoms with Crippen molar-refractivity contribution in [1.82, 2.24) is 5.32 Å². The molecule has 2 atom stereocenters. The second kappa shape index (κ2) is 7.32. The largest absolute Gasteiger partial charge is 0.496 e. The van der Waals surface area contributed by atoms with Crippen molar-refractivity contribution in [1.29, 1.82) is 0 Å². The van der Waals surface area contributed by atoms with E-state index in [0.717, 1.165) is 23.7 Å². The molecule has 1 amide bonds. The number of methoxy groups -OCH3 is 1. The van der Waals surface area contributed by atoms with Crippen LogP contribution in [0.25, 0.3) is 0 Å². The lowest BCUT2D eigenvalue weighted by molar-refractivity contribution is 0.0908. The van der Waals surface area contributed by atoms with Crippen molar-refractivity contribution in [3.8, 4) is 5.75 Å². The molecule has 0 bridgehead atoms. The van der Waals surface area contributed by atoms with Crippen LogP contribution in [0.2, 0.25) is 0 Å². The second-order valence-corrected chi connectivity index (χ2v) is 6.35. The van der Waals surface area contributed by atoms with E-state index < -0.39 is 0 Å². The van der Waals surface area contributed by atoms with Crippen molar-refractivity contribution in [3.05, 3.63) is 28.2 Å². The molecule has 0 aliphatic heterocycles. The molecule has 1 N–H and O–H groups in total. The first kappa shape index (κ1) is 15.6. The van der Waals surface area contributed by atoms with E-state index in [1.54, 1.807) is 19.2 Å². The third-order valence-electron chi connectivity index (χ3n) is 3.83. The minimum Gasteiger partial charge on any atom is -0.496 e. The fourth-order valence-electron chi connectivity index (χ4n) is 2.68. The number of carbonyl (C=O) groups is 1. The zero-order chi connectivity index (χ0) is 14.5. The molecule has 1 aromatic carbocycles. The maximum Gasteiger partial charge on any atom is 0.255 e. The SMILES string of the molecule is COc1cc(Br)ccc1C(=O)NC1CCCCC1CCl. The molecule has 0 saturated heterocycles. The minimum atomic E-state index is -0.0867. The van der Waals surface area contributed by atoms with Crippen LogP contribution in [0.3, 0.4) is 0 Å². The zero-order valence-electron chi connectivity index (χ0n) is 11.5. The summed E-state index contributed by atoms with van der Waals surface area (Å²) in [4.78, 5) is 12.4. The van der Waals surface area contributed by atoms with Gasteiger partial charge in [-0.3, -0.25) is 4.79 Å². The van der Waals surface area contributed by atoms with E-state index in [1.165, 1.54) is 6.42 Å². The number of carbonyl (C=O) groups excluding carboxylic acids is 1. The van der Waals surface area contributed by atoms with Gasteiger partial charge < -0.3 is 10.1 Å². The Labute approximate surface area is 133 Å². The number of nitrogens with one attached hydrogen (secondary N) is 1. The second-order valence-electron chi connectivity index (χ2n) is 5.12. The third-order valence-corrected chi connectivity index (χ3v) is 4.72. The first-order chi connectivity index (χ1) is 9.65. The van der Waals surface area contributed by atoms with E-state index in [-0.39, 0.29) is 11.9 Å². The van der Waals surface area contributed by atoms with Crippen LogP contribution in [-0.2, 0) is 0 Å². The summed E-state index contributed by atoms with van der Waals surface area (Å²) >= 11 is 9.38. The molecule has 20 heavy (non-hydrogen) atoms. The number of hydrogen-bond acceptors (Lipinski definition) is 2. The van der Waals surface area contributed by atoms with Crippen molar-refractivity contribution in [2.75, 3.05) is 13.0 Å². The van der Waals surface area contributed by atoms with Crippen molar-refractivity contribution >= 4 is 33.4 Å². The van der Waals surface area contributed by atoms with Crippen LogP contribution in [0.1, 0.15) is 36.0 Å². The normalized spacial score (nSPS) is 22.4. The van der Waals surface area contributed by atoms with E-state index in [4.69, 9.17) is 16.3 Å². The number of rotatable bonds is 4. The average Bonchev–Trinajstić information content (AvgIpc) is 2.47. The topological polar surface area (TPSA) is 38.3 Å². The van der Waals surface area contributed by atoms with Crippen LogP contribution in [0, 0.1) is 5.92 Å². The molecule has 110 valence electrons. The first-order valence-electron chi connectivity index (χ1n) is 6.86. The standard InChI is InChI=1S/C15H19BrClNO2/c1-20-14-8-11(16)6-7-12(14)15(19)18-13-5-3-2-4-10(13)9-17/h6-8,10,13H,2-5,9H2,1H3,(H,18,19). The highest BCUT2D eigenvalue weighted by molar-refractivity contribution is 9.10. The number of alkyl halides is 1. The highest BCUT2D eigenvalue weighted by Crippen LogP contribution is 2.27. The maximum absolute atomic E-state index is 12.4. The molecule has 1 saturated carbocycles. The molecule has 1 aliphatic rings. The summed E-state index contributed by atoms with van der Waals surface area (Å²) in [5, 5.41) is 3.11. The van der Waals surface area contributed by atoms with Gasteiger partial charge in [0.15, 0.2) is 0 Å². The Balaban J connectivity index is 2.11. The number of halogens is 2. The number of benzene rings is 1. The lowest BCUT2D eigenvalue weighted by atomic mass is 9.85. The van der Waals surface area contributed by atoms with E-state index in [2.05, 4.69) is 21.2 Å². The molecule has 0 heterocycles. The van der Waals surface area contributed by atoms with Gasteiger partial charge in [0.25, 0.3) is 5.91 Å². The molecular formula is C15H19BrClNO2. The Morgan fingerprint density at radius 1 is 1.45 bits per heavy atom. The number of ether oxygens (including phenoxy) is 1. The first-order valence-corrected chi connectivity index (χ1v) is 8.19. The summed E-state index contributed by atoms with van der Waals surface area (Å²) in [5.41, 5.74) is 0.564. The lowest BCUT2D eigenvalue weighted by Crippen LogP contribution is -2.42. The van der Waals surface area contributed by atoms with Gasteiger partial charge in [-0.2, -0.15) is 0 Å². The molecule has 2 rings (SSSR count). The van der Waals surface area contributed by atoms with Crippen LogP contribution in [0.4, 0.5) is 0 Å². The summed E-state index contributed by atoms with van der Waals surface area (Å²) in [5.74, 6) is 1.46.